The summed E-state index contributed by atoms with van der Waals surface area (Å²) < 4.78 is 11.0. The zero-order chi connectivity index (χ0) is 23.2. The third-order valence-corrected chi connectivity index (χ3v) is 6.85. The molecule has 3 rings (SSSR count). The van der Waals surface area contributed by atoms with Gasteiger partial charge < -0.3 is 24.6 Å². The SMILES string of the molecule is COCC(=O)N1CCN(CC2(O)CCCCCC2)C[C@](O)(COc2ccc(C)c(C)c2)C1. The Morgan fingerprint density at radius 3 is 2.38 bits per heavy atom. The lowest BCUT2D eigenvalue weighted by molar-refractivity contribution is -0.138. The van der Waals surface area contributed by atoms with Crippen molar-refractivity contribution in [3.63, 3.8) is 0 Å². The van der Waals surface area contributed by atoms with E-state index in [0.717, 1.165) is 44.1 Å². The average molecular weight is 449 g/mol. The van der Waals surface area contributed by atoms with Crippen LogP contribution < -0.4 is 4.74 Å². The number of rotatable bonds is 7. The minimum atomic E-state index is -1.25. The molecule has 7 nitrogen and oxygen atoms in total. The zero-order valence-corrected chi connectivity index (χ0v) is 19.9. The largest absolute Gasteiger partial charge is 0.490 e. The van der Waals surface area contributed by atoms with Gasteiger partial charge in [0.15, 0.2) is 0 Å². The van der Waals surface area contributed by atoms with Crippen LogP contribution in [0.15, 0.2) is 18.2 Å². The van der Waals surface area contributed by atoms with Crippen LogP contribution in [0.4, 0.5) is 0 Å². The molecule has 1 aliphatic carbocycles. The summed E-state index contributed by atoms with van der Waals surface area (Å²) in [5.41, 5.74) is 0.326. The van der Waals surface area contributed by atoms with Crippen LogP contribution in [0.25, 0.3) is 0 Å². The van der Waals surface area contributed by atoms with Crippen molar-refractivity contribution in [2.24, 2.45) is 0 Å². The highest BCUT2D eigenvalue weighted by Crippen LogP contribution is 2.29. The van der Waals surface area contributed by atoms with Crippen LogP contribution in [0.5, 0.6) is 5.75 Å². The van der Waals surface area contributed by atoms with E-state index in [1.807, 2.05) is 32.0 Å². The van der Waals surface area contributed by atoms with Gasteiger partial charge in [0.1, 0.15) is 24.6 Å². The first kappa shape index (κ1) is 25.0. The van der Waals surface area contributed by atoms with Gasteiger partial charge in [-0.3, -0.25) is 9.69 Å². The molecule has 7 heteroatoms. The Labute approximate surface area is 192 Å². The number of nitrogens with zero attached hydrogens (tertiary/aromatic N) is 2. The molecule has 1 aromatic rings. The summed E-state index contributed by atoms with van der Waals surface area (Å²) in [6.45, 7) is 6.25. The molecule has 1 amide bonds. The van der Waals surface area contributed by atoms with Gasteiger partial charge in [0, 0.05) is 33.3 Å². The van der Waals surface area contributed by atoms with Crippen molar-refractivity contribution in [1.82, 2.24) is 9.80 Å². The van der Waals surface area contributed by atoms with E-state index in [4.69, 9.17) is 9.47 Å². The predicted octanol–water partition coefficient (Wildman–Crippen LogP) is 2.29. The Hall–Kier alpha value is -1.67. The van der Waals surface area contributed by atoms with Gasteiger partial charge in [-0.15, -0.1) is 0 Å². The van der Waals surface area contributed by atoms with Crippen LogP contribution in [0, 0.1) is 13.8 Å². The molecule has 1 saturated carbocycles. The molecule has 0 spiro atoms. The molecule has 0 unspecified atom stereocenters. The van der Waals surface area contributed by atoms with Gasteiger partial charge in [-0.1, -0.05) is 31.7 Å². The Morgan fingerprint density at radius 1 is 1.00 bits per heavy atom. The molecule has 2 fully saturated rings. The average Bonchev–Trinajstić information content (AvgIpc) is 3.05. The van der Waals surface area contributed by atoms with Crippen molar-refractivity contribution in [2.45, 2.75) is 63.6 Å². The highest BCUT2D eigenvalue weighted by Gasteiger charge is 2.40. The van der Waals surface area contributed by atoms with Crippen molar-refractivity contribution in [1.29, 1.82) is 0 Å². The third kappa shape index (κ3) is 6.91. The monoisotopic (exact) mass is 448 g/mol. The minimum absolute atomic E-state index is 0.0158. The molecule has 0 radical (unpaired) electrons. The zero-order valence-electron chi connectivity index (χ0n) is 19.9. The number of ether oxygens (including phenoxy) is 2. The van der Waals surface area contributed by atoms with E-state index in [2.05, 4.69) is 4.90 Å². The number of benzene rings is 1. The Bertz CT molecular complexity index is 763. The second-order valence-electron chi connectivity index (χ2n) is 9.86. The fourth-order valence-electron chi connectivity index (χ4n) is 4.88. The molecule has 32 heavy (non-hydrogen) atoms. The van der Waals surface area contributed by atoms with Gasteiger partial charge in [-0.25, -0.2) is 0 Å². The molecule has 2 aliphatic rings. The summed E-state index contributed by atoms with van der Waals surface area (Å²) >= 11 is 0. The van der Waals surface area contributed by atoms with Crippen molar-refractivity contribution < 1.29 is 24.5 Å². The molecule has 1 aromatic carbocycles. The predicted molar refractivity (Wildman–Crippen MR) is 124 cm³/mol. The third-order valence-electron chi connectivity index (χ3n) is 6.85. The van der Waals surface area contributed by atoms with Crippen LogP contribution in [-0.4, -0.2) is 90.2 Å². The molecular weight excluding hydrogens is 408 g/mol. The van der Waals surface area contributed by atoms with Gasteiger partial charge in [0.2, 0.25) is 5.91 Å². The lowest BCUT2D eigenvalue weighted by Crippen LogP contribution is -2.54. The van der Waals surface area contributed by atoms with E-state index in [-0.39, 0.29) is 25.7 Å². The molecular formula is C25H40N2O5. The van der Waals surface area contributed by atoms with E-state index in [1.54, 1.807) is 4.90 Å². The van der Waals surface area contributed by atoms with E-state index in [9.17, 15) is 15.0 Å². The summed E-state index contributed by atoms with van der Waals surface area (Å²) in [6, 6.07) is 5.88. The number of carbonyl (C=O) groups excluding carboxylic acids is 1. The van der Waals surface area contributed by atoms with Crippen molar-refractivity contribution in [2.75, 3.05) is 53.0 Å². The minimum Gasteiger partial charge on any atom is -0.490 e. The second-order valence-corrected chi connectivity index (χ2v) is 9.86. The molecule has 1 saturated heterocycles. The Kier molecular flexibility index (Phi) is 8.55. The fourth-order valence-corrected chi connectivity index (χ4v) is 4.88. The molecule has 1 heterocycles. The maximum Gasteiger partial charge on any atom is 0.248 e. The van der Waals surface area contributed by atoms with Crippen molar-refractivity contribution >= 4 is 5.91 Å². The van der Waals surface area contributed by atoms with Crippen LogP contribution in [0.2, 0.25) is 0 Å². The summed E-state index contributed by atoms with van der Waals surface area (Å²) in [7, 11) is 1.50. The number of amides is 1. The number of aliphatic hydroxyl groups is 2. The number of hydrogen-bond donors (Lipinski definition) is 2. The first-order chi connectivity index (χ1) is 15.2. The topological polar surface area (TPSA) is 82.5 Å². The lowest BCUT2D eigenvalue weighted by Gasteiger charge is -2.36. The van der Waals surface area contributed by atoms with Crippen LogP contribution in [-0.2, 0) is 9.53 Å². The van der Waals surface area contributed by atoms with E-state index < -0.39 is 11.2 Å². The normalized spacial score (nSPS) is 24.6. The van der Waals surface area contributed by atoms with Crippen molar-refractivity contribution in [3.05, 3.63) is 29.3 Å². The first-order valence-electron chi connectivity index (χ1n) is 11.9. The maximum absolute atomic E-state index is 12.6. The smallest absolute Gasteiger partial charge is 0.248 e. The molecule has 1 aliphatic heterocycles. The summed E-state index contributed by atoms with van der Waals surface area (Å²) in [4.78, 5) is 16.3. The van der Waals surface area contributed by atoms with Crippen LogP contribution in [0.3, 0.4) is 0 Å². The molecule has 1 atom stereocenters. The highest BCUT2D eigenvalue weighted by molar-refractivity contribution is 5.77. The number of methoxy groups -OCH3 is 1. The Morgan fingerprint density at radius 2 is 1.72 bits per heavy atom. The Balaban J connectivity index is 1.74. The standard InChI is InChI=1S/C25H40N2O5/c1-20-8-9-22(14-21(20)2)32-19-25(30)17-26(12-13-27(18-25)23(28)15-31-3)16-24(29)10-6-4-5-7-11-24/h8-9,14,29-30H,4-7,10-13,15-19H2,1-3H3/t25-/m1/s1. The molecule has 180 valence electrons. The van der Waals surface area contributed by atoms with E-state index >= 15 is 0 Å². The first-order valence-corrected chi connectivity index (χ1v) is 11.9. The lowest BCUT2D eigenvalue weighted by atomic mass is 9.93. The van der Waals surface area contributed by atoms with E-state index in [0.29, 0.717) is 31.9 Å². The van der Waals surface area contributed by atoms with Crippen LogP contribution in [0.1, 0.15) is 49.7 Å². The molecule has 0 bridgehead atoms. The second kappa shape index (κ2) is 11.0. The quantitative estimate of drug-likeness (QED) is 0.623. The summed E-state index contributed by atoms with van der Waals surface area (Å²) in [5.74, 6) is 0.557. The van der Waals surface area contributed by atoms with Gasteiger partial charge in [-0.05, 0) is 49.9 Å². The summed E-state index contributed by atoms with van der Waals surface area (Å²) in [6.07, 6.45) is 5.96. The van der Waals surface area contributed by atoms with Crippen LogP contribution >= 0.6 is 0 Å². The molecule has 2 N–H and O–H groups in total. The van der Waals surface area contributed by atoms with Gasteiger partial charge in [0.25, 0.3) is 0 Å². The van der Waals surface area contributed by atoms with Crippen molar-refractivity contribution in [3.8, 4) is 5.75 Å². The molecule has 0 aromatic heterocycles. The maximum atomic E-state index is 12.6. The summed E-state index contributed by atoms with van der Waals surface area (Å²) in [5, 5.41) is 22.8. The fraction of sp³-hybridized carbons (Fsp3) is 0.720. The highest BCUT2D eigenvalue weighted by atomic mass is 16.5. The number of aryl methyl sites for hydroxylation is 2. The number of β-amino-alcohol motifs (C(OH)–C–C–N with tert-alkyl or cyclic N) is 2. The number of carbonyl (C=O) groups is 1. The van der Waals surface area contributed by atoms with E-state index in [1.165, 1.54) is 12.7 Å². The van der Waals surface area contributed by atoms with Gasteiger partial charge in [-0.2, -0.15) is 0 Å². The number of hydrogen-bond acceptors (Lipinski definition) is 6. The van der Waals surface area contributed by atoms with Gasteiger partial charge in [0.05, 0.1) is 12.1 Å². The van der Waals surface area contributed by atoms with Gasteiger partial charge >= 0.3 is 0 Å².